The van der Waals surface area contributed by atoms with E-state index >= 15 is 0 Å². The van der Waals surface area contributed by atoms with Crippen LogP contribution in [-0.4, -0.2) is 5.11 Å². The van der Waals surface area contributed by atoms with E-state index in [1.807, 2.05) is 0 Å². The van der Waals surface area contributed by atoms with Crippen molar-refractivity contribution in [2.45, 2.75) is 18.7 Å². The van der Waals surface area contributed by atoms with Crippen molar-refractivity contribution in [2.75, 3.05) is 5.73 Å². The second-order valence-corrected chi connectivity index (χ2v) is 5.12. The topological polar surface area (TPSA) is 46.2 Å². The van der Waals surface area contributed by atoms with Crippen LogP contribution in [0.3, 0.4) is 0 Å². The second-order valence-electron chi connectivity index (χ2n) is 4.69. The smallest absolute Gasteiger partial charge is 0.398 e. The lowest BCUT2D eigenvalue weighted by molar-refractivity contribution is -0.137. The van der Waals surface area contributed by atoms with Gasteiger partial charge in [-0.1, -0.05) is 29.8 Å². The minimum absolute atomic E-state index is 0.171. The standard InChI is InChI=1S/C15H13ClF3NO/c16-11-5-6-12(13(20)8-11)14(21)7-9-1-3-10(4-2-9)15(17,18)19/h1-6,8,14,21H,7,20H2. The van der Waals surface area contributed by atoms with E-state index in [0.717, 1.165) is 12.1 Å². The fraction of sp³-hybridized carbons (Fsp3) is 0.200. The van der Waals surface area contributed by atoms with Crippen molar-refractivity contribution in [2.24, 2.45) is 0 Å². The van der Waals surface area contributed by atoms with E-state index in [-0.39, 0.29) is 6.42 Å². The molecule has 6 heteroatoms. The first-order chi connectivity index (χ1) is 9.77. The van der Waals surface area contributed by atoms with Crippen molar-refractivity contribution in [1.82, 2.24) is 0 Å². The Bertz CT molecular complexity index is 626. The van der Waals surface area contributed by atoms with Crippen LogP contribution in [0.25, 0.3) is 0 Å². The van der Waals surface area contributed by atoms with Crippen LogP contribution in [0.15, 0.2) is 42.5 Å². The average Bonchev–Trinajstić information content (AvgIpc) is 2.38. The van der Waals surface area contributed by atoms with Gasteiger partial charge in [0.25, 0.3) is 0 Å². The van der Waals surface area contributed by atoms with Gasteiger partial charge in [0.2, 0.25) is 0 Å². The number of alkyl halides is 3. The summed E-state index contributed by atoms with van der Waals surface area (Å²) < 4.78 is 37.4. The predicted octanol–water partition coefficient (Wildman–Crippen LogP) is 4.22. The SMILES string of the molecule is Nc1cc(Cl)ccc1C(O)Cc1ccc(C(F)(F)F)cc1. The number of anilines is 1. The molecule has 2 nitrogen and oxygen atoms in total. The Morgan fingerprint density at radius 3 is 2.24 bits per heavy atom. The van der Waals surface area contributed by atoms with Crippen LogP contribution in [0.1, 0.15) is 22.8 Å². The highest BCUT2D eigenvalue weighted by Gasteiger charge is 2.30. The third-order valence-electron chi connectivity index (χ3n) is 3.12. The first-order valence-corrected chi connectivity index (χ1v) is 6.54. The molecular formula is C15H13ClF3NO. The number of aliphatic hydroxyl groups excluding tert-OH is 1. The average molecular weight is 316 g/mol. The number of benzene rings is 2. The van der Waals surface area contributed by atoms with Crippen molar-refractivity contribution in [3.63, 3.8) is 0 Å². The monoisotopic (exact) mass is 315 g/mol. The Morgan fingerprint density at radius 2 is 1.71 bits per heavy atom. The lowest BCUT2D eigenvalue weighted by Gasteiger charge is -2.14. The summed E-state index contributed by atoms with van der Waals surface area (Å²) in [7, 11) is 0. The number of aliphatic hydroxyl groups is 1. The van der Waals surface area contributed by atoms with Gasteiger partial charge in [-0.3, -0.25) is 0 Å². The van der Waals surface area contributed by atoms with Crippen LogP contribution >= 0.6 is 11.6 Å². The maximum atomic E-state index is 12.5. The minimum Gasteiger partial charge on any atom is -0.398 e. The molecular weight excluding hydrogens is 303 g/mol. The van der Waals surface area contributed by atoms with Crippen LogP contribution in [0.5, 0.6) is 0 Å². The van der Waals surface area contributed by atoms with Crippen LogP contribution in [0.4, 0.5) is 18.9 Å². The number of halogens is 4. The van der Waals surface area contributed by atoms with Crippen molar-refractivity contribution < 1.29 is 18.3 Å². The maximum Gasteiger partial charge on any atom is 0.416 e. The molecule has 0 spiro atoms. The molecule has 3 N–H and O–H groups in total. The minimum atomic E-state index is -4.36. The fourth-order valence-electron chi connectivity index (χ4n) is 2.01. The molecule has 2 aromatic rings. The van der Waals surface area contributed by atoms with Gasteiger partial charge in [0.05, 0.1) is 11.7 Å². The van der Waals surface area contributed by atoms with Gasteiger partial charge in [-0.25, -0.2) is 0 Å². The molecule has 0 aliphatic heterocycles. The summed E-state index contributed by atoms with van der Waals surface area (Å²) in [5.41, 5.74) is 6.48. The summed E-state index contributed by atoms with van der Waals surface area (Å²) in [6.45, 7) is 0. The van der Waals surface area contributed by atoms with Crippen molar-refractivity contribution >= 4 is 17.3 Å². The van der Waals surface area contributed by atoms with E-state index in [2.05, 4.69) is 0 Å². The van der Waals surface area contributed by atoms with Gasteiger partial charge < -0.3 is 10.8 Å². The van der Waals surface area contributed by atoms with Gasteiger partial charge in [0, 0.05) is 22.7 Å². The van der Waals surface area contributed by atoms with E-state index in [1.165, 1.54) is 18.2 Å². The third-order valence-corrected chi connectivity index (χ3v) is 3.35. The Hall–Kier alpha value is -1.72. The van der Waals surface area contributed by atoms with Crippen LogP contribution in [0.2, 0.25) is 5.02 Å². The molecule has 0 fully saturated rings. The first-order valence-electron chi connectivity index (χ1n) is 6.16. The molecule has 0 aliphatic carbocycles. The first kappa shape index (κ1) is 15.7. The highest BCUT2D eigenvalue weighted by atomic mass is 35.5. The molecule has 2 rings (SSSR count). The normalized spacial score (nSPS) is 13.2. The molecule has 0 saturated carbocycles. The van der Waals surface area contributed by atoms with Gasteiger partial charge in [0.15, 0.2) is 0 Å². The van der Waals surface area contributed by atoms with E-state index in [4.69, 9.17) is 17.3 Å². The van der Waals surface area contributed by atoms with Crippen LogP contribution in [-0.2, 0) is 12.6 Å². The highest BCUT2D eigenvalue weighted by molar-refractivity contribution is 6.30. The van der Waals surface area contributed by atoms with Crippen molar-refractivity contribution in [3.8, 4) is 0 Å². The summed E-state index contributed by atoms with van der Waals surface area (Å²) in [4.78, 5) is 0. The lowest BCUT2D eigenvalue weighted by atomic mass is 9.99. The third kappa shape index (κ3) is 3.89. The molecule has 1 unspecified atom stereocenters. The molecule has 0 saturated heterocycles. The summed E-state index contributed by atoms with van der Waals surface area (Å²) in [5.74, 6) is 0. The Morgan fingerprint density at radius 1 is 1.10 bits per heavy atom. The molecule has 0 amide bonds. The number of nitrogens with two attached hydrogens (primary N) is 1. The quantitative estimate of drug-likeness (QED) is 0.833. The van der Waals surface area contributed by atoms with Gasteiger partial charge in [-0.2, -0.15) is 13.2 Å². The van der Waals surface area contributed by atoms with Gasteiger partial charge in [0.1, 0.15) is 0 Å². The van der Waals surface area contributed by atoms with Crippen LogP contribution in [0, 0.1) is 0 Å². The molecule has 0 aromatic heterocycles. The van der Waals surface area contributed by atoms with E-state index in [9.17, 15) is 18.3 Å². The lowest BCUT2D eigenvalue weighted by Crippen LogP contribution is -2.07. The predicted molar refractivity (Wildman–Crippen MR) is 76.0 cm³/mol. The van der Waals surface area contributed by atoms with E-state index < -0.39 is 17.8 Å². The highest BCUT2D eigenvalue weighted by Crippen LogP contribution is 2.30. The molecule has 0 radical (unpaired) electrons. The number of hydrogen-bond donors (Lipinski definition) is 2. The Labute approximate surface area is 125 Å². The maximum absolute atomic E-state index is 12.5. The van der Waals surface area contributed by atoms with E-state index in [1.54, 1.807) is 12.1 Å². The molecule has 1 atom stereocenters. The van der Waals surface area contributed by atoms with Gasteiger partial charge in [-0.15, -0.1) is 0 Å². The summed E-state index contributed by atoms with van der Waals surface area (Å²) in [6.07, 6.45) is -5.10. The van der Waals surface area contributed by atoms with Crippen molar-refractivity contribution in [3.05, 3.63) is 64.2 Å². The summed E-state index contributed by atoms with van der Waals surface area (Å²) in [6, 6.07) is 9.40. The summed E-state index contributed by atoms with van der Waals surface area (Å²) in [5, 5.41) is 10.6. The zero-order chi connectivity index (χ0) is 15.6. The number of nitrogen functional groups attached to an aromatic ring is 1. The second kappa shape index (κ2) is 5.95. The molecule has 0 aliphatic rings. The molecule has 21 heavy (non-hydrogen) atoms. The van der Waals surface area contributed by atoms with Crippen LogP contribution < -0.4 is 5.73 Å². The zero-order valence-corrected chi connectivity index (χ0v) is 11.6. The molecule has 0 bridgehead atoms. The Balaban J connectivity index is 2.14. The fourth-order valence-corrected chi connectivity index (χ4v) is 2.19. The molecule has 112 valence electrons. The number of hydrogen-bond acceptors (Lipinski definition) is 2. The summed E-state index contributed by atoms with van der Waals surface area (Å²) >= 11 is 5.77. The molecule has 0 heterocycles. The van der Waals surface area contributed by atoms with E-state index in [0.29, 0.717) is 21.8 Å². The van der Waals surface area contributed by atoms with Gasteiger partial charge >= 0.3 is 6.18 Å². The molecule has 2 aromatic carbocycles. The zero-order valence-electron chi connectivity index (χ0n) is 10.9. The Kier molecular flexibility index (Phi) is 4.44. The largest absolute Gasteiger partial charge is 0.416 e. The van der Waals surface area contributed by atoms with Crippen molar-refractivity contribution in [1.29, 1.82) is 0 Å². The number of rotatable bonds is 3. The van der Waals surface area contributed by atoms with Gasteiger partial charge in [-0.05, 0) is 29.8 Å².